The van der Waals surface area contributed by atoms with E-state index in [-0.39, 0.29) is 11.9 Å². The van der Waals surface area contributed by atoms with Gasteiger partial charge in [-0.1, -0.05) is 13.8 Å². The van der Waals surface area contributed by atoms with Gasteiger partial charge < -0.3 is 14.6 Å². The number of rotatable bonds is 7. The van der Waals surface area contributed by atoms with Crippen molar-refractivity contribution in [3.05, 3.63) is 22.4 Å². The maximum absolute atomic E-state index is 12.1. The smallest absolute Gasteiger partial charge is 0.268 e. The molecule has 0 aliphatic carbocycles. The summed E-state index contributed by atoms with van der Waals surface area (Å²) < 4.78 is 8.31. The minimum Gasteiger partial charge on any atom is -0.379 e. The summed E-state index contributed by atoms with van der Waals surface area (Å²) in [6, 6.07) is 2.09. The first-order valence-electron chi connectivity index (χ1n) is 6.65. The predicted molar refractivity (Wildman–Crippen MR) is 80.5 cm³/mol. The summed E-state index contributed by atoms with van der Waals surface area (Å²) in [6.45, 7) is 10.1. The van der Waals surface area contributed by atoms with Gasteiger partial charge in [-0.05, 0) is 41.8 Å². The number of halogens is 1. The van der Waals surface area contributed by atoms with Crippen LogP contribution in [-0.4, -0.2) is 30.2 Å². The Kier molecular flexibility index (Phi) is 6.58. The third-order valence-electron chi connectivity index (χ3n) is 2.59. The van der Waals surface area contributed by atoms with Gasteiger partial charge in [0.15, 0.2) is 0 Å². The van der Waals surface area contributed by atoms with Crippen molar-refractivity contribution in [1.82, 2.24) is 9.88 Å². The summed E-state index contributed by atoms with van der Waals surface area (Å²) >= 11 is 3.40. The topological polar surface area (TPSA) is 43.3 Å². The van der Waals surface area contributed by atoms with Crippen LogP contribution >= 0.6 is 15.9 Å². The van der Waals surface area contributed by atoms with Crippen LogP contribution < -0.4 is 5.32 Å². The molecule has 1 rings (SSSR count). The number of nitrogens with zero attached hydrogens (tertiary/aromatic N) is 1. The molecule has 0 saturated carbocycles. The van der Waals surface area contributed by atoms with Crippen molar-refractivity contribution >= 4 is 21.8 Å². The van der Waals surface area contributed by atoms with Gasteiger partial charge in [0.1, 0.15) is 5.69 Å². The largest absolute Gasteiger partial charge is 0.379 e. The standard InChI is InChI=1S/C14H23BrN2O2/c1-10(2)9-19-6-5-16-14(18)13-7-12(15)8-17(13)11(3)4/h7-8,10-11H,5-6,9H2,1-4H3,(H,16,18). The average Bonchev–Trinajstić information content (AvgIpc) is 2.70. The molecule has 1 amide bonds. The highest BCUT2D eigenvalue weighted by molar-refractivity contribution is 9.10. The minimum atomic E-state index is -0.0625. The molecule has 0 bridgehead atoms. The number of hydrogen-bond donors (Lipinski definition) is 1. The van der Waals surface area contributed by atoms with Crippen LogP contribution in [0, 0.1) is 5.92 Å². The quantitative estimate of drug-likeness (QED) is 0.780. The fourth-order valence-electron chi connectivity index (χ4n) is 1.70. The first kappa shape index (κ1) is 16.2. The van der Waals surface area contributed by atoms with E-state index >= 15 is 0 Å². The van der Waals surface area contributed by atoms with E-state index in [9.17, 15) is 4.79 Å². The molecular formula is C14H23BrN2O2. The van der Waals surface area contributed by atoms with Crippen LogP contribution in [0.15, 0.2) is 16.7 Å². The highest BCUT2D eigenvalue weighted by atomic mass is 79.9. The van der Waals surface area contributed by atoms with Gasteiger partial charge in [-0.3, -0.25) is 4.79 Å². The van der Waals surface area contributed by atoms with Gasteiger partial charge in [-0.2, -0.15) is 0 Å². The lowest BCUT2D eigenvalue weighted by Crippen LogP contribution is -2.29. The van der Waals surface area contributed by atoms with Gasteiger partial charge in [0.2, 0.25) is 0 Å². The van der Waals surface area contributed by atoms with Crippen molar-refractivity contribution in [2.45, 2.75) is 33.7 Å². The fraction of sp³-hybridized carbons (Fsp3) is 0.643. The molecule has 1 N–H and O–H groups in total. The molecular weight excluding hydrogens is 308 g/mol. The third-order valence-corrected chi connectivity index (χ3v) is 3.02. The van der Waals surface area contributed by atoms with Crippen molar-refractivity contribution in [3.8, 4) is 0 Å². The molecule has 0 aliphatic heterocycles. The number of amides is 1. The van der Waals surface area contributed by atoms with Crippen molar-refractivity contribution in [3.63, 3.8) is 0 Å². The predicted octanol–water partition coefficient (Wildman–Crippen LogP) is 3.23. The van der Waals surface area contributed by atoms with Gasteiger partial charge in [0, 0.05) is 29.9 Å². The van der Waals surface area contributed by atoms with Crippen molar-refractivity contribution in [2.75, 3.05) is 19.8 Å². The zero-order valence-corrected chi connectivity index (χ0v) is 13.7. The Labute approximate surface area is 123 Å². The number of carbonyl (C=O) groups is 1. The van der Waals surface area contributed by atoms with Crippen molar-refractivity contribution in [2.24, 2.45) is 5.92 Å². The number of aromatic nitrogens is 1. The molecule has 0 unspecified atom stereocenters. The van der Waals surface area contributed by atoms with E-state index in [2.05, 4.69) is 48.9 Å². The van der Waals surface area contributed by atoms with Crippen LogP contribution in [0.5, 0.6) is 0 Å². The first-order valence-corrected chi connectivity index (χ1v) is 7.44. The molecule has 1 aromatic heterocycles. The molecule has 108 valence electrons. The first-order chi connectivity index (χ1) is 8.91. The van der Waals surface area contributed by atoms with Crippen molar-refractivity contribution < 1.29 is 9.53 Å². The fourth-order valence-corrected chi connectivity index (χ4v) is 2.14. The Morgan fingerprint density at radius 2 is 2.11 bits per heavy atom. The average molecular weight is 331 g/mol. The summed E-state index contributed by atoms with van der Waals surface area (Å²) in [7, 11) is 0. The highest BCUT2D eigenvalue weighted by Crippen LogP contribution is 2.19. The molecule has 0 radical (unpaired) electrons. The Morgan fingerprint density at radius 1 is 1.42 bits per heavy atom. The van der Waals surface area contributed by atoms with Crippen LogP contribution in [0.3, 0.4) is 0 Å². The van der Waals surface area contributed by atoms with Gasteiger partial charge in [0.25, 0.3) is 5.91 Å². The van der Waals surface area contributed by atoms with Gasteiger partial charge in [-0.25, -0.2) is 0 Å². The second kappa shape index (κ2) is 7.70. The van der Waals surface area contributed by atoms with Crippen LogP contribution in [-0.2, 0) is 4.74 Å². The molecule has 5 heteroatoms. The summed E-state index contributed by atoms with van der Waals surface area (Å²) in [6.07, 6.45) is 1.93. The second-order valence-corrected chi connectivity index (χ2v) is 6.18. The van der Waals surface area contributed by atoms with E-state index in [1.165, 1.54) is 0 Å². The molecule has 0 aromatic carbocycles. The molecule has 19 heavy (non-hydrogen) atoms. The van der Waals surface area contributed by atoms with Crippen molar-refractivity contribution in [1.29, 1.82) is 0 Å². The number of hydrogen-bond acceptors (Lipinski definition) is 2. The zero-order valence-electron chi connectivity index (χ0n) is 12.1. The van der Waals surface area contributed by atoms with Gasteiger partial charge in [0.05, 0.1) is 6.61 Å². The summed E-state index contributed by atoms with van der Waals surface area (Å²) in [5.74, 6) is 0.456. The number of carbonyl (C=O) groups excluding carboxylic acids is 1. The minimum absolute atomic E-state index is 0.0625. The Bertz CT molecular complexity index is 414. The normalized spacial score (nSPS) is 11.3. The molecule has 0 fully saturated rings. The summed E-state index contributed by atoms with van der Waals surface area (Å²) in [5.41, 5.74) is 0.672. The van der Waals surface area contributed by atoms with E-state index in [4.69, 9.17) is 4.74 Å². The van der Waals surface area contributed by atoms with Gasteiger partial charge >= 0.3 is 0 Å². The second-order valence-electron chi connectivity index (χ2n) is 5.27. The summed E-state index contributed by atoms with van der Waals surface area (Å²) in [5, 5.41) is 2.88. The molecule has 0 aliphatic rings. The van der Waals surface area contributed by atoms with E-state index in [0.717, 1.165) is 11.1 Å². The Morgan fingerprint density at radius 3 is 2.68 bits per heavy atom. The molecule has 0 atom stereocenters. The van der Waals surface area contributed by atoms with E-state index < -0.39 is 0 Å². The summed E-state index contributed by atoms with van der Waals surface area (Å²) in [4.78, 5) is 12.1. The van der Waals surface area contributed by atoms with E-state index in [1.807, 2.05) is 16.8 Å². The van der Waals surface area contributed by atoms with Gasteiger partial charge in [-0.15, -0.1) is 0 Å². The van der Waals surface area contributed by atoms with Crippen LogP contribution in [0.4, 0.5) is 0 Å². The van der Waals surface area contributed by atoms with Crippen LogP contribution in [0.1, 0.15) is 44.2 Å². The number of ether oxygens (including phenoxy) is 1. The lowest BCUT2D eigenvalue weighted by molar-refractivity contribution is 0.0877. The molecule has 1 aromatic rings. The third kappa shape index (κ3) is 5.37. The van der Waals surface area contributed by atoms with Crippen LogP contribution in [0.25, 0.3) is 0 Å². The van der Waals surface area contributed by atoms with Crippen LogP contribution in [0.2, 0.25) is 0 Å². The molecule has 1 heterocycles. The molecule has 4 nitrogen and oxygen atoms in total. The monoisotopic (exact) mass is 330 g/mol. The Hall–Kier alpha value is -0.810. The Balaban J connectivity index is 2.45. The highest BCUT2D eigenvalue weighted by Gasteiger charge is 2.14. The lowest BCUT2D eigenvalue weighted by Gasteiger charge is -2.13. The maximum atomic E-state index is 12.1. The molecule has 0 spiro atoms. The number of nitrogens with one attached hydrogen (secondary N) is 1. The molecule has 0 saturated heterocycles. The maximum Gasteiger partial charge on any atom is 0.268 e. The zero-order chi connectivity index (χ0) is 14.4. The lowest BCUT2D eigenvalue weighted by atomic mass is 10.2. The SMILES string of the molecule is CC(C)COCCNC(=O)c1cc(Br)cn1C(C)C. The van der Waals surface area contributed by atoms with E-state index in [0.29, 0.717) is 24.8 Å². The van der Waals surface area contributed by atoms with E-state index in [1.54, 1.807) is 0 Å².